The highest BCUT2D eigenvalue weighted by atomic mass is 33.1. The highest BCUT2D eigenvalue weighted by Gasteiger charge is 2.15. The van der Waals surface area contributed by atoms with Crippen molar-refractivity contribution in [3.63, 3.8) is 0 Å². The van der Waals surface area contributed by atoms with Gasteiger partial charge in [-0.05, 0) is 35.4 Å². The SMILES string of the molecule is CCN(CCC(=O)O)C(=S)SSC(=S)N(CC)CCC(=O)O. The van der Waals surface area contributed by atoms with Gasteiger partial charge in [0.2, 0.25) is 0 Å². The van der Waals surface area contributed by atoms with Crippen molar-refractivity contribution in [2.24, 2.45) is 0 Å². The lowest BCUT2D eigenvalue weighted by atomic mass is 10.4. The molecule has 0 atom stereocenters. The van der Waals surface area contributed by atoms with Crippen molar-refractivity contribution < 1.29 is 19.8 Å². The molecule has 0 aromatic rings. The number of thiocarbonyl (C=S) groups is 2. The Morgan fingerprint density at radius 3 is 1.41 bits per heavy atom. The summed E-state index contributed by atoms with van der Waals surface area (Å²) >= 11 is 10.6. The maximum Gasteiger partial charge on any atom is 0.305 e. The number of carbonyl (C=O) groups is 2. The van der Waals surface area contributed by atoms with Crippen LogP contribution in [0.1, 0.15) is 26.7 Å². The van der Waals surface area contributed by atoms with Crippen molar-refractivity contribution in [2.75, 3.05) is 26.2 Å². The van der Waals surface area contributed by atoms with Crippen LogP contribution in [0.5, 0.6) is 0 Å². The van der Waals surface area contributed by atoms with E-state index in [1.807, 2.05) is 13.8 Å². The molecule has 0 aromatic carbocycles. The monoisotopic (exact) mass is 384 g/mol. The van der Waals surface area contributed by atoms with Gasteiger partial charge in [0.1, 0.15) is 8.64 Å². The number of carboxylic acid groups (broad SMARTS) is 2. The van der Waals surface area contributed by atoms with E-state index in [9.17, 15) is 9.59 Å². The molecule has 0 fully saturated rings. The molecular weight excluding hydrogens is 364 g/mol. The molecule has 10 heteroatoms. The van der Waals surface area contributed by atoms with Crippen molar-refractivity contribution in [1.82, 2.24) is 9.80 Å². The van der Waals surface area contributed by atoms with Gasteiger partial charge in [-0.2, -0.15) is 0 Å². The van der Waals surface area contributed by atoms with Gasteiger partial charge in [-0.1, -0.05) is 24.4 Å². The molecule has 0 aliphatic rings. The van der Waals surface area contributed by atoms with Crippen molar-refractivity contribution in [2.45, 2.75) is 26.7 Å². The van der Waals surface area contributed by atoms with E-state index < -0.39 is 11.9 Å². The second-order valence-electron chi connectivity index (χ2n) is 4.15. The van der Waals surface area contributed by atoms with Gasteiger partial charge in [-0.15, -0.1) is 0 Å². The fraction of sp³-hybridized carbons (Fsp3) is 0.667. The van der Waals surface area contributed by atoms with Crippen molar-refractivity contribution >= 4 is 66.6 Å². The summed E-state index contributed by atoms with van der Waals surface area (Å²) in [5.74, 6) is -1.72. The van der Waals surface area contributed by atoms with Crippen LogP contribution in [0.15, 0.2) is 0 Å². The predicted octanol–water partition coefficient (Wildman–Crippen LogP) is 2.53. The minimum atomic E-state index is -0.861. The van der Waals surface area contributed by atoms with E-state index in [4.69, 9.17) is 34.6 Å². The summed E-state index contributed by atoms with van der Waals surface area (Å²) in [5, 5.41) is 17.4. The normalized spacial score (nSPS) is 10.1. The average molecular weight is 385 g/mol. The fourth-order valence-electron chi connectivity index (χ4n) is 1.39. The van der Waals surface area contributed by atoms with Crippen molar-refractivity contribution in [1.29, 1.82) is 0 Å². The lowest BCUT2D eigenvalue weighted by Crippen LogP contribution is -2.31. The first kappa shape index (κ1) is 21.4. The minimum Gasteiger partial charge on any atom is -0.481 e. The van der Waals surface area contributed by atoms with Gasteiger partial charge in [0.05, 0.1) is 12.8 Å². The van der Waals surface area contributed by atoms with Crippen LogP contribution < -0.4 is 0 Å². The average Bonchev–Trinajstić information content (AvgIpc) is 2.45. The summed E-state index contributed by atoms with van der Waals surface area (Å²) in [6, 6.07) is 0. The van der Waals surface area contributed by atoms with Gasteiger partial charge in [-0.25, -0.2) is 0 Å². The standard InChI is InChI=1S/C12H20N2O4S4/c1-3-13(7-5-9(15)16)11(19)21-22-12(20)14(4-2)8-6-10(17)18/h3-8H2,1-2H3,(H,15,16)(H,17,18). The Kier molecular flexibility index (Phi) is 11.6. The van der Waals surface area contributed by atoms with Gasteiger partial charge in [0, 0.05) is 26.2 Å². The number of hydrogen-bond acceptors (Lipinski definition) is 6. The van der Waals surface area contributed by atoms with Gasteiger partial charge < -0.3 is 20.0 Å². The minimum absolute atomic E-state index is 0.0311. The number of nitrogens with zero attached hydrogens (tertiary/aromatic N) is 2. The predicted molar refractivity (Wildman–Crippen MR) is 99.4 cm³/mol. The summed E-state index contributed by atoms with van der Waals surface area (Å²) < 4.78 is 1.15. The maximum absolute atomic E-state index is 10.6. The fourth-order valence-corrected chi connectivity index (χ4v) is 4.30. The first-order chi connectivity index (χ1) is 10.3. The Hall–Kier alpha value is -0.580. The van der Waals surface area contributed by atoms with Crippen LogP contribution in [0.2, 0.25) is 0 Å². The molecule has 2 N–H and O–H groups in total. The first-order valence-electron chi connectivity index (χ1n) is 6.67. The number of rotatable bonds is 8. The van der Waals surface area contributed by atoms with E-state index in [0.29, 0.717) is 34.8 Å². The second-order valence-corrected chi connectivity index (χ2v) is 7.54. The lowest BCUT2D eigenvalue weighted by Gasteiger charge is -2.24. The number of carboxylic acids is 2. The van der Waals surface area contributed by atoms with Crippen LogP contribution >= 0.6 is 46.0 Å². The summed E-state index contributed by atoms with van der Waals surface area (Å²) in [5.41, 5.74) is 0. The highest BCUT2D eigenvalue weighted by molar-refractivity contribution is 8.89. The molecule has 0 spiro atoms. The molecule has 22 heavy (non-hydrogen) atoms. The van der Waals surface area contributed by atoms with Crippen LogP contribution in [-0.4, -0.2) is 66.8 Å². The molecule has 0 rings (SSSR count). The maximum atomic E-state index is 10.6. The molecule has 0 radical (unpaired) electrons. The van der Waals surface area contributed by atoms with Crippen LogP contribution in [0.3, 0.4) is 0 Å². The second kappa shape index (κ2) is 11.9. The van der Waals surface area contributed by atoms with Gasteiger partial charge in [0.15, 0.2) is 0 Å². The molecule has 0 heterocycles. The number of aliphatic carboxylic acids is 2. The van der Waals surface area contributed by atoms with E-state index in [-0.39, 0.29) is 12.8 Å². The Morgan fingerprint density at radius 2 is 1.18 bits per heavy atom. The van der Waals surface area contributed by atoms with E-state index >= 15 is 0 Å². The molecule has 0 saturated carbocycles. The van der Waals surface area contributed by atoms with Crippen LogP contribution in [0, 0.1) is 0 Å². The lowest BCUT2D eigenvalue weighted by molar-refractivity contribution is -0.138. The summed E-state index contributed by atoms with van der Waals surface area (Å²) in [6.07, 6.45) is 0.0622. The molecule has 0 aromatic heterocycles. The van der Waals surface area contributed by atoms with Crippen molar-refractivity contribution in [3.8, 4) is 0 Å². The molecule has 0 amide bonds. The third-order valence-corrected chi connectivity index (χ3v) is 6.39. The number of hydrogen-bond donors (Lipinski definition) is 2. The molecule has 0 unspecified atom stereocenters. The molecule has 0 saturated heterocycles. The largest absolute Gasteiger partial charge is 0.481 e. The Labute approximate surface area is 149 Å². The van der Waals surface area contributed by atoms with E-state index in [2.05, 4.69) is 0 Å². The van der Waals surface area contributed by atoms with Gasteiger partial charge >= 0.3 is 11.9 Å². The van der Waals surface area contributed by atoms with E-state index in [1.54, 1.807) is 9.80 Å². The van der Waals surface area contributed by atoms with Crippen LogP contribution in [-0.2, 0) is 9.59 Å². The molecule has 0 aliphatic heterocycles. The third-order valence-electron chi connectivity index (χ3n) is 2.66. The van der Waals surface area contributed by atoms with Gasteiger partial charge in [0.25, 0.3) is 0 Å². The summed E-state index contributed by atoms with van der Waals surface area (Å²) in [6.45, 7) is 5.79. The topological polar surface area (TPSA) is 81.1 Å². The zero-order valence-electron chi connectivity index (χ0n) is 12.5. The summed E-state index contributed by atoms with van der Waals surface area (Å²) in [7, 11) is 2.60. The highest BCUT2D eigenvalue weighted by Crippen LogP contribution is 2.28. The quantitative estimate of drug-likeness (QED) is 0.481. The third kappa shape index (κ3) is 9.44. The zero-order valence-corrected chi connectivity index (χ0v) is 15.7. The van der Waals surface area contributed by atoms with Gasteiger partial charge in [-0.3, -0.25) is 9.59 Å². The molecular formula is C12H20N2O4S4. The first-order valence-corrected chi connectivity index (χ1v) is 9.64. The smallest absolute Gasteiger partial charge is 0.305 e. The zero-order chi connectivity index (χ0) is 17.1. The molecule has 0 bridgehead atoms. The molecule has 0 aliphatic carbocycles. The summed E-state index contributed by atoms with van der Waals surface area (Å²) in [4.78, 5) is 24.8. The molecule has 126 valence electrons. The molecule has 6 nitrogen and oxygen atoms in total. The Morgan fingerprint density at radius 1 is 0.864 bits per heavy atom. The Bertz CT molecular complexity index is 382. The Balaban J connectivity index is 4.31. The van der Waals surface area contributed by atoms with Crippen LogP contribution in [0.25, 0.3) is 0 Å². The van der Waals surface area contributed by atoms with E-state index in [1.165, 1.54) is 21.6 Å². The van der Waals surface area contributed by atoms with Crippen molar-refractivity contribution in [3.05, 3.63) is 0 Å². The van der Waals surface area contributed by atoms with Crippen LogP contribution in [0.4, 0.5) is 0 Å². The van der Waals surface area contributed by atoms with E-state index in [0.717, 1.165) is 0 Å².